The first-order chi connectivity index (χ1) is 15.1. The molecule has 3 aromatic rings. The Labute approximate surface area is 185 Å². The van der Waals surface area contributed by atoms with Crippen LogP contribution in [0, 0.1) is 0 Å². The highest BCUT2D eigenvalue weighted by Gasteiger charge is 2.26. The third-order valence-corrected chi connectivity index (χ3v) is 6.36. The van der Waals surface area contributed by atoms with Crippen molar-refractivity contribution in [2.45, 2.75) is 30.5 Å². The average molecular weight is 440 g/mol. The molecule has 0 saturated heterocycles. The molecule has 1 aliphatic rings. The lowest BCUT2D eigenvalue weighted by Crippen LogP contribution is -2.34. The number of aromatic nitrogens is 2. The van der Waals surface area contributed by atoms with E-state index in [2.05, 4.69) is 28.4 Å². The first kappa shape index (κ1) is 21.2. The molecular weight excluding hydrogens is 414 g/mol. The number of nitrogens with zero attached hydrogens (tertiary/aromatic N) is 3. The van der Waals surface area contributed by atoms with Crippen LogP contribution in [-0.2, 0) is 11.2 Å². The topological polar surface area (TPSA) is 77.7 Å². The number of benzene rings is 2. The van der Waals surface area contributed by atoms with Gasteiger partial charge in [-0.1, -0.05) is 36.0 Å². The van der Waals surface area contributed by atoms with Crippen molar-refractivity contribution in [3.8, 4) is 23.0 Å². The molecule has 1 amide bonds. The van der Waals surface area contributed by atoms with Gasteiger partial charge in [-0.3, -0.25) is 4.79 Å². The fourth-order valence-electron chi connectivity index (χ4n) is 3.88. The molecule has 8 heteroatoms. The highest BCUT2D eigenvalue weighted by molar-refractivity contribution is 7.99. The summed E-state index contributed by atoms with van der Waals surface area (Å²) >= 11 is 1.25. The van der Waals surface area contributed by atoms with Gasteiger partial charge in [0, 0.05) is 12.6 Å². The molecule has 1 atom stereocenters. The van der Waals surface area contributed by atoms with Gasteiger partial charge in [-0.15, -0.1) is 10.2 Å². The van der Waals surface area contributed by atoms with Crippen molar-refractivity contribution in [1.29, 1.82) is 0 Å². The highest BCUT2D eigenvalue weighted by Crippen LogP contribution is 2.35. The second-order valence-corrected chi connectivity index (χ2v) is 8.27. The Hall–Kier alpha value is -3.00. The summed E-state index contributed by atoms with van der Waals surface area (Å²) in [6, 6.07) is 13.9. The number of fused-ring (bicyclic) bond motifs is 1. The minimum absolute atomic E-state index is 0.0394. The largest absolute Gasteiger partial charge is 0.493 e. The number of carbonyl (C=O) groups excluding carboxylic acids is 1. The van der Waals surface area contributed by atoms with Crippen molar-refractivity contribution in [1.82, 2.24) is 15.1 Å². The lowest BCUT2D eigenvalue weighted by molar-refractivity contribution is -0.129. The van der Waals surface area contributed by atoms with Crippen LogP contribution in [0.2, 0.25) is 0 Å². The van der Waals surface area contributed by atoms with Crippen LogP contribution in [0.3, 0.4) is 0 Å². The number of methoxy groups -OCH3 is 2. The van der Waals surface area contributed by atoms with Crippen LogP contribution in [0.15, 0.2) is 52.1 Å². The molecule has 2 aromatic carbocycles. The van der Waals surface area contributed by atoms with Crippen LogP contribution in [0.1, 0.15) is 30.0 Å². The van der Waals surface area contributed by atoms with Crippen molar-refractivity contribution in [3.63, 3.8) is 0 Å². The maximum Gasteiger partial charge on any atom is 0.277 e. The fourth-order valence-corrected chi connectivity index (χ4v) is 4.57. The molecule has 1 aromatic heterocycles. The molecule has 1 heterocycles. The Bertz CT molecular complexity index is 1070. The van der Waals surface area contributed by atoms with Gasteiger partial charge < -0.3 is 18.8 Å². The summed E-state index contributed by atoms with van der Waals surface area (Å²) in [5.74, 6) is 1.85. The lowest BCUT2D eigenvalue weighted by atomic mass is 9.87. The zero-order chi connectivity index (χ0) is 21.8. The molecule has 0 radical (unpaired) electrons. The van der Waals surface area contributed by atoms with Gasteiger partial charge in [0.15, 0.2) is 11.5 Å². The predicted octanol–water partition coefficient (Wildman–Crippen LogP) is 4.38. The Morgan fingerprint density at radius 2 is 1.97 bits per heavy atom. The molecule has 1 unspecified atom stereocenters. The van der Waals surface area contributed by atoms with Gasteiger partial charge in [-0.2, -0.15) is 0 Å². The highest BCUT2D eigenvalue weighted by atomic mass is 32.2. The van der Waals surface area contributed by atoms with Crippen LogP contribution in [0.25, 0.3) is 11.5 Å². The molecule has 7 nitrogen and oxygen atoms in total. The number of hydrogen-bond acceptors (Lipinski definition) is 7. The monoisotopic (exact) mass is 439 g/mol. The average Bonchev–Trinajstić information content (AvgIpc) is 3.30. The number of amides is 1. The van der Waals surface area contributed by atoms with E-state index in [-0.39, 0.29) is 17.7 Å². The maximum atomic E-state index is 12.8. The molecule has 0 bridgehead atoms. The minimum Gasteiger partial charge on any atom is -0.493 e. The van der Waals surface area contributed by atoms with Crippen molar-refractivity contribution in [3.05, 3.63) is 53.6 Å². The van der Waals surface area contributed by atoms with Crippen LogP contribution in [0.4, 0.5) is 0 Å². The normalized spacial score (nSPS) is 15.3. The van der Waals surface area contributed by atoms with Gasteiger partial charge >= 0.3 is 0 Å². The van der Waals surface area contributed by atoms with E-state index >= 15 is 0 Å². The molecule has 1 aliphatic carbocycles. The summed E-state index contributed by atoms with van der Waals surface area (Å²) in [6.45, 7) is 0. The summed E-state index contributed by atoms with van der Waals surface area (Å²) in [5, 5.41) is 8.53. The Morgan fingerprint density at radius 1 is 1.16 bits per heavy atom. The Kier molecular flexibility index (Phi) is 6.46. The fraction of sp³-hybridized carbons (Fsp3) is 0.348. The van der Waals surface area contributed by atoms with Crippen molar-refractivity contribution in [2.75, 3.05) is 27.0 Å². The van der Waals surface area contributed by atoms with Gasteiger partial charge in [-0.25, -0.2) is 0 Å². The van der Waals surface area contributed by atoms with E-state index in [0.29, 0.717) is 22.6 Å². The molecular formula is C23H25N3O4S. The number of ether oxygens (including phenoxy) is 2. The molecule has 0 N–H and O–H groups in total. The maximum absolute atomic E-state index is 12.8. The standard InChI is InChI=1S/C23H25N3O4S/c1-26(18-10-6-8-15-7-4-5-9-17(15)18)21(27)14-31-23-25-24-22(30-23)16-11-12-19(28-2)20(13-16)29-3/h4-5,7,9,11-13,18H,6,8,10,14H2,1-3H3. The molecule has 0 aliphatic heterocycles. The lowest BCUT2D eigenvalue weighted by Gasteiger charge is -2.33. The van der Waals surface area contributed by atoms with Gasteiger partial charge in [0.1, 0.15) is 0 Å². The van der Waals surface area contributed by atoms with Crippen molar-refractivity contribution < 1.29 is 18.7 Å². The summed E-state index contributed by atoms with van der Waals surface area (Å²) in [5.41, 5.74) is 3.31. The van der Waals surface area contributed by atoms with E-state index < -0.39 is 0 Å². The number of carbonyl (C=O) groups is 1. The summed E-state index contributed by atoms with van der Waals surface area (Å²) < 4.78 is 16.3. The second kappa shape index (κ2) is 9.43. The van der Waals surface area contributed by atoms with E-state index in [4.69, 9.17) is 13.9 Å². The van der Waals surface area contributed by atoms with E-state index in [9.17, 15) is 4.79 Å². The predicted molar refractivity (Wildman–Crippen MR) is 118 cm³/mol. The second-order valence-electron chi connectivity index (χ2n) is 7.34. The molecule has 31 heavy (non-hydrogen) atoms. The third kappa shape index (κ3) is 4.54. The Morgan fingerprint density at radius 3 is 2.77 bits per heavy atom. The first-order valence-corrected chi connectivity index (χ1v) is 11.1. The zero-order valence-electron chi connectivity index (χ0n) is 17.8. The van der Waals surface area contributed by atoms with Gasteiger partial charge in [0.2, 0.25) is 11.8 Å². The Balaban J connectivity index is 1.40. The third-order valence-electron chi connectivity index (χ3n) is 5.55. The first-order valence-electron chi connectivity index (χ1n) is 10.1. The van der Waals surface area contributed by atoms with E-state index in [1.54, 1.807) is 26.4 Å². The van der Waals surface area contributed by atoms with Crippen LogP contribution >= 0.6 is 11.8 Å². The van der Waals surface area contributed by atoms with E-state index in [0.717, 1.165) is 24.8 Å². The zero-order valence-corrected chi connectivity index (χ0v) is 18.6. The van der Waals surface area contributed by atoms with Crippen LogP contribution < -0.4 is 9.47 Å². The van der Waals surface area contributed by atoms with Crippen LogP contribution in [0.5, 0.6) is 11.5 Å². The quantitative estimate of drug-likeness (QED) is 0.506. The summed E-state index contributed by atoms with van der Waals surface area (Å²) in [4.78, 5) is 14.7. The SMILES string of the molecule is COc1ccc(-c2nnc(SCC(=O)N(C)C3CCCc4ccccc43)o2)cc1OC. The number of aryl methyl sites for hydroxylation is 1. The van der Waals surface area contributed by atoms with Crippen molar-refractivity contribution in [2.24, 2.45) is 0 Å². The minimum atomic E-state index is 0.0394. The van der Waals surface area contributed by atoms with Gasteiger partial charge in [0.25, 0.3) is 5.22 Å². The summed E-state index contributed by atoms with van der Waals surface area (Å²) in [7, 11) is 5.03. The number of rotatable bonds is 7. The number of hydrogen-bond donors (Lipinski definition) is 0. The molecule has 0 spiro atoms. The van der Waals surface area contributed by atoms with Crippen molar-refractivity contribution >= 4 is 17.7 Å². The molecule has 4 rings (SSSR count). The summed E-state index contributed by atoms with van der Waals surface area (Å²) in [6.07, 6.45) is 3.14. The smallest absolute Gasteiger partial charge is 0.277 e. The number of thioether (sulfide) groups is 1. The van der Waals surface area contributed by atoms with Gasteiger partial charge in [0.05, 0.1) is 26.0 Å². The molecule has 162 valence electrons. The van der Waals surface area contributed by atoms with E-state index in [1.165, 1.54) is 22.9 Å². The van der Waals surface area contributed by atoms with Gasteiger partial charge in [-0.05, 0) is 48.6 Å². The van der Waals surface area contributed by atoms with Crippen LogP contribution in [-0.4, -0.2) is 48.0 Å². The molecule has 0 saturated carbocycles. The molecule has 0 fully saturated rings. The van der Waals surface area contributed by atoms with E-state index in [1.807, 2.05) is 24.1 Å².